The van der Waals surface area contributed by atoms with Gasteiger partial charge in [-0.1, -0.05) is 44.2 Å². The Morgan fingerprint density at radius 3 is 2.57 bits per heavy atom. The molecule has 21 heavy (non-hydrogen) atoms. The Balaban J connectivity index is 1.99. The van der Waals surface area contributed by atoms with Crippen LogP contribution >= 0.6 is 0 Å². The molecule has 0 aliphatic carbocycles. The molecule has 2 nitrogen and oxygen atoms in total. The highest BCUT2D eigenvalue weighted by Crippen LogP contribution is 2.37. The van der Waals surface area contributed by atoms with Crippen molar-refractivity contribution in [2.45, 2.75) is 32.7 Å². The van der Waals surface area contributed by atoms with E-state index in [4.69, 9.17) is 0 Å². The molecule has 2 unspecified atom stereocenters. The minimum atomic E-state index is 0.334. The molecule has 110 valence electrons. The number of phenolic OH excluding ortho intramolecular Hbond substituents is 1. The van der Waals surface area contributed by atoms with Crippen molar-refractivity contribution in [1.29, 1.82) is 0 Å². The van der Waals surface area contributed by atoms with Crippen LogP contribution in [0.25, 0.3) is 0 Å². The summed E-state index contributed by atoms with van der Waals surface area (Å²) in [7, 11) is 0. The lowest BCUT2D eigenvalue weighted by Gasteiger charge is -2.40. The highest BCUT2D eigenvalue weighted by molar-refractivity contribution is 5.57. The normalized spacial score (nSPS) is 19.1. The number of nitrogens with zero attached hydrogens (tertiary/aromatic N) is 1. The van der Waals surface area contributed by atoms with Crippen LogP contribution in [0.1, 0.15) is 37.4 Å². The minimum Gasteiger partial charge on any atom is -0.508 e. The zero-order valence-electron chi connectivity index (χ0n) is 12.8. The molecule has 0 fully saturated rings. The van der Waals surface area contributed by atoms with E-state index in [1.54, 1.807) is 12.1 Å². The second kappa shape index (κ2) is 5.80. The summed E-state index contributed by atoms with van der Waals surface area (Å²) in [5.74, 6) is 1.01. The van der Waals surface area contributed by atoms with Gasteiger partial charge in [-0.25, -0.2) is 0 Å². The first-order valence-electron chi connectivity index (χ1n) is 7.82. The quantitative estimate of drug-likeness (QED) is 0.892. The fourth-order valence-electron chi connectivity index (χ4n) is 3.47. The van der Waals surface area contributed by atoms with Crippen LogP contribution in [-0.4, -0.2) is 11.7 Å². The molecule has 2 atom stereocenters. The standard InChI is InChI=1S/C19H23NO/c1-3-18(15-8-10-17(21)11-9-15)20-13-14(2)12-16-6-4-5-7-19(16)20/h4-11,14,18,21H,3,12-13H2,1-2H3. The number of fused-ring (bicyclic) bond motifs is 1. The predicted molar refractivity (Wildman–Crippen MR) is 87.8 cm³/mol. The van der Waals surface area contributed by atoms with Gasteiger partial charge >= 0.3 is 0 Å². The van der Waals surface area contributed by atoms with Crippen molar-refractivity contribution < 1.29 is 5.11 Å². The summed E-state index contributed by atoms with van der Waals surface area (Å²) in [4.78, 5) is 2.54. The molecule has 0 saturated heterocycles. The van der Waals surface area contributed by atoms with Gasteiger partial charge in [0.05, 0.1) is 6.04 Å². The van der Waals surface area contributed by atoms with E-state index in [0.717, 1.165) is 13.0 Å². The summed E-state index contributed by atoms with van der Waals surface area (Å²) in [6.07, 6.45) is 2.23. The Morgan fingerprint density at radius 1 is 1.14 bits per heavy atom. The highest BCUT2D eigenvalue weighted by Gasteiger charge is 2.27. The molecular weight excluding hydrogens is 258 g/mol. The third-order valence-electron chi connectivity index (χ3n) is 4.42. The van der Waals surface area contributed by atoms with E-state index in [2.05, 4.69) is 43.0 Å². The molecule has 0 amide bonds. The van der Waals surface area contributed by atoms with Gasteiger partial charge in [-0.15, -0.1) is 0 Å². The summed E-state index contributed by atoms with van der Waals surface area (Å²) < 4.78 is 0. The monoisotopic (exact) mass is 281 g/mol. The van der Waals surface area contributed by atoms with Gasteiger partial charge in [-0.3, -0.25) is 0 Å². The number of hydrogen-bond acceptors (Lipinski definition) is 2. The average Bonchev–Trinajstić information content (AvgIpc) is 2.49. The first-order valence-corrected chi connectivity index (χ1v) is 7.82. The van der Waals surface area contributed by atoms with Crippen LogP contribution in [0.15, 0.2) is 48.5 Å². The lowest BCUT2D eigenvalue weighted by molar-refractivity contribution is 0.470. The van der Waals surface area contributed by atoms with Crippen molar-refractivity contribution in [3.63, 3.8) is 0 Å². The summed E-state index contributed by atoms with van der Waals surface area (Å²) in [5.41, 5.74) is 4.10. The van der Waals surface area contributed by atoms with E-state index in [1.807, 2.05) is 12.1 Å². The van der Waals surface area contributed by atoms with Gasteiger partial charge in [0.15, 0.2) is 0 Å². The van der Waals surface area contributed by atoms with Gasteiger partial charge < -0.3 is 10.0 Å². The van der Waals surface area contributed by atoms with Crippen molar-refractivity contribution in [3.8, 4) is 5.75 Å². The molecule has 2 aromatic rings. The molecule has 1 N–H and O–H groups in total. The molecule has 0 aromatic heterocycles. The van der Waals surface area contributed by atoms with Crippen molar-refractivity contribution in [2.24, 2.45) is 5.92 Å². The maximum absolute atomic E-state index is 9.51. The molecule has 2 heteroatoms. The Hall–Kier alpha value is -1.96. The van der Waals surface area contributed by atoms with Gasteiger partial charge in [0, 0.05) is 12.2 Å². The zero-order chi connectivity index (χ0) is 14.8. The highest BCUT2D eigenvalue weighted by atomic mass is 16.3. The van der Waals surface area contributed by atoms with E-state index in [9.17, 15) is 5.11 Å². The Bertz CT molecular complexity index is 605. The molecule has 2 aromatic carbocycles. The molecule has 1 aliphatic heterocycles. The van der Waals surface area contributed by atoms with Crippen LogP contribution in [-0.2, 0) is 6.42 Å². The Morgan fingerprint density at radius 2 is 1.86 bits per heavy atom. The van der Waals surface area contributed by atoms with E-state index >= 15 is 0 Å². The number of hydrogen-bond donors (Lipinski definition) is 1. The van der Waals surface area contributed by atoms with Gasteiger partial charge in [-0.2, -0.15) is 0 Å². The number of rotatable bonds is 3. The molecule has 1 aliphatic rings. The van der Waals surface area contributed by atoms with E-state index < -0.39 is 0 Å². The third kappa shape index (κ3) is 2.76. The van der Waals surface area contributed by atoms with Crippen LogP contribution in [0, 0.1) is 5.92 Å². The fourth-order valence-corrected chi connectivity index (χ4v) is 3.47. The van der Waals surface area contributed by atoms with Crippen molar-refractivity contribution in [1.82, 2.24) is 0 Å². The minimum absolute atomic E-state index is 0.334. The van der Waals surface area contributed by atoms with Gasteiger partial charge in [0.2, 0.25) is 0 Å². The predicted octanol–water partition coefficient (Wildman–Crippen LogP) is 4.54. The smallest absolute Gasteiger partial charge is 0.115 e. The zero-order valence-corrected chi connectivity index (χ0v) is 12.8. The maximum Gasteiger partial charge on any atom is 0.115 e. The second-order valence-electron chi connectivity index (χ2n) is 6.11. The lowest BCUT2D eigenvalue weighted by Crippen LogP contribution is -2.37. The lowest BCUT2D eigenvalue weighted by atomic mass is 9.90. The maximum atomic E-state index is 9.51. The summed E-state index contributed by atoms with van der Waals surface area (Å²) >= 11 is 0. The Kier molecular flexibility index (Phi) is 3.87. The van der Waals surface area contributed by atoms with Crippen LogP contribution < -0.4 is 4.90 Å². The summed E-state index contributed by atoms with van der Waals surface area (Å²) in [6.45, 7) is 5.66. The number of anilines is 1. The molecular formula is C19H23NO. The molecule has 0 spiro atoms. The Labute approximate surface area is 127 Å². The van der Waals surface area contributed by atoms with Gasteiger partial charge in [0.1, 0.15) is 5.75 Å². The van der Waals surface area contributed by atoms with E-state index in [1.165, 1.54) is 23.2 Å². The third-order valence-corrected chi connectivity index (χ3v) is 4.42. The van der Waals surface area contributed by atoms with Crippen LogP contribution in [0.3, 0.4) is 0 Å². The number of benzene rings is 2. The molecule has 3 rings (SSSR count). The topological polar surface area (TPSA) is 23.5 Å². The van der Waals surface area contributed by atoms with Crippen LogP contribution in [0.5, 0.6) is 5.75 Å². The van der Waals surface area contributed by atoms with Crippen LogP contribution in [0.2, 0.25) is 0 Å². The molecule has 0 saturated carbocycles. The second-order valence-corrected chi connectivity index (χ2v) is 6.11. The summed E-state index contributed by atoms with van der Waals surface area (Å²) in [6, 6.07) is 16.8. The number of aromatic hydroxyl groups is 1. The molecule has 0 radical (unpaired) electrons. The average molecular weight is 281 g/mol. The van der Waals surface area contributed by atoms with E-state index in [-0.39, 0.29) is 0 Å². The van der Waals surface area contributed by atoms with Crippen molar-refractivity contribution in [3.05, 3.63) is 59.7 Å². The van der Waals surface area contributed by atoms with E-state index in [0.29, 0.717) is 17.7 Å². The molecule has 1 heterocycles. The summed E-state index contributed by atoms with van der Waals surface area (Å²) in [5, 5.41) is 9.51. The fraction of sp³-hybridized carbons (Fsp3) is 0.368. The first kappa shape index (κ1) is 14.0. The number of para-hydroxylation sites is 1. The van der Waals surface area contributed by atoms with Crippen LogP contribution in [0.4, 0.5) is 5.69 Å². The number of phenols is 1. The van der Waals surface area contributed by atoms with Gasteiger partial charge in [0.25, 0.3) is 0 Å². The van der Waals surface area contributed by atoms with Gasteiger partial charge in [-0.05, 0) is 48.1 Å². The SMILES string of the molecule is CCC(c1ccc(O)cc1)N1CC(C)Cc2ccccc21. The van der Waals surface area contributed by atoms with Crippen molar-refractivity contribution >= 4 is 5.69 Å². The molecule has 0 bridgehead atoms. The first-order chi connectivity index (χ1) is 10.2. The van der Waals surface area contributed by atoms with Crippen molar-refractivity contribution in [2.75, 3.05) is 11.4 Å². The largest absolute Gasteiger partial charge is 0.508 e.